The summed E-state index contributed by atoms with van der Waals surface area (Å²) in [5, 5.41) is 0. The quantitative estimate of drug-likeness (QED) is 0.687. The van der Waals surface area contributed by atoms with E-state index >= 15 is 0 Å². The maximum absolute atomic E-state index is 5.39. The number of nitrogens with two attached hydrogens (primary N) is 1. The van der Waals surface area contributed by atoms with Crippen molar-refractivity contribution in [1.29, 1.82) is 0 Å². The van der Waals surface area contributed by atoms with Crippen LogP contribution < -0.4 is 5.73 Å². The number of hydrogen-bond acceptors (Lipinski definition) is 3. The van der Waals surface area contributed by atoms with E-state index in [0.29, 0.717) is 12.5 Å². The lowest BCUT2D eigenvalue weighted by Gasteiger charge is -2.03. The molecule has 0 aliphatic rings. The van der Waals surface area contributed by atoms with Crippen molar-refractivity contribution in [2.75, 3.05) is 0 Å². The van der Waals surface area contributed by atoms with Gasteiger partial charge in [0.1, 0.15) is 5.82 Å². The van der Waals surface area contributed by atoms with Gasteiger partial charge in [0.05, 0.1) is 6.54 Å². The molecule has 3 nitrogen and oxygen atoms in total. The lowest BCUT2D eigenvalue weighted by molar-refractivity contribution is 0.781. The van der Waals surface area contributed by atoms with Gasteiger partial charge in [-0.3, -0.25) is 0 Å². The van der Waals surface area contributed by atoms with E-state index in [1.165, 1.54) is 0 Å². The Bertz CT molecular complexity index is 233. The predicted octanol–water partition coefficient (Wildman–Crippen LogP) is 1.06. The van der Waals surface area contributed by atoms with Crippen molar-refractivity contribution in [1.82, 2.24) is 9.97 Å². The van der Waals surface area contributed by atoms with Crippen molar-refractivity contribution in [2.45, 2.75) is 26.3 Å². The minimum Gasteiger partial charge on any atom is -0.324 e. The van der Waals surface area contributed by atoms with Crippen molar-refractivity contribution >= 4 is 0 Å². The zero-order chi connectivity index (χ0) is 8.27. The Kier molecular flexibility index (Phi) is 2.54. The standard InChI is InChI=1S/C8H13N3/c1-6(2)7-3-4-10-8(5-9)11-7/h3-4,6H,5,9H2,1-2H3. The molecule has 0 bridgehead atoms. The molecule has 0 spiro atoms. The van der Waals surface area contributed by atoms with Crippen LogP contribution in [-0.4, -0.2) is 9.97 Å². The smallest absolute Gasteiger partial charge is 0.142 e. The minimum absolute atomic E-state index is 0.417. The van der Waals surface area contributed by atoms with Crippen molar-refractivity contribution in [3.63, 3.8) is 0 Å². The highest BCUT2D eigenvalue weighted by atomic mass is 14.9. The van der Waals surface area contributed by atoms with Crippen LogP contribution in [0, 0.1) is 0 Å². The van der Waals surface area contributed by atoms with E-state index in [1.54, 1.807) is 6.20 Å². The van der Waals surface area contributed by atoms with Gasteiger partial charge in [0.25, 0.3) is 0 Å². The van der Waals surface area contributed by atoms with E-state index in [9.17, 15) is 0 Å². The zero-order valence-electron chi connectivity index (χ0n) is 6.91. The maximum Gasteiger partial charge on any atom is 0.142 e. The van der Waals surface area contributed by atoms with Gasteiger partial charge in [0.15, 0.2) is 0 Å². The summed E-state index contributed by atoms with van der Waals surface area (Å²) >= 11 is 0. The normalized spacial score (nSPS) is 10.5. The monoisotopic (exact) mass is 151 g/mol. The molecule has 0 fully saturated rings. The molecule has 11 heavy (non-hydrogen) atoms. The van der Waals surface area contributed by atoms with E-state index in [4.69, 9.17) is 5.73 Å². The predicted molar refractivity (Wildman–Crippen MR) is 44.0 cm³/mol. The average Bonchev–Trinajstić information content (AvgIpc) is 2.05. The first-order valence-corrected chi connectivity index (χ1v) is 3.76. The third kappa shape index (κ3) is 1.98. The third-order valence-electron chi connectivity index (χ3n) is 1.50. The topological polar surface area (TPSA) is 51.8 Å². The van der Waals surface area contributed by atoms with E-state index in [-0.39, 0.29) is 0 Å². The summed E-state index contributed by atoms with van der Waals surface area (Å²) in [7, 11) is 0. The second-order valence-electron chi connectivity index (χ2n) is 2.76. The van der Waals surface area contributed by atoms with Gasteiger partial charge in [0.2, 0.25) is 0 Å². The summed E-state index contributed by atoms with van der Waals surface area (Å²) in [5.41, 5.74) is 6.45. The Morgan fingerprint density at radius 3 is 2.82 bits per heavy atom. The molecule has 0 amide bonds. The molecular formula is C8H13N3. The Morgan fingerprint density at radius 2 is 2.27 bits per heavy atom. The van der Waals surface area contributed by atoms with Crippen LogP contribution in [0.4, 0.5) is 0 Å². The summed E-state index contributed by atoms with van der Waals surface area (Å²) in [4.78, 5) is 8.26. The van der Waals surface area contributed by atoms with Crippen molar-refractivity contribution in [2.24, 2.45) is 5.73 Å². The molecule has 0 aromatic carbocycles. The van der Waals surface area contributed by atoms with Crippen molar-refractivity contribution in [3.8, 4) is 0 Å². The van der Waals surface area contributed by atoms with E-state index in [2.05, 4.69) is 23.8 Å². The number of rotatable bonds is 2. The molecular weight excluding hydrogens is 138 g/mol. The van der Waals surface area contributed by atoms with Gasteiger partial charge in [-0.1, -0.05) is 13.8 Å². The maximum atomic E-state index is 5.39. The first kappa shape index (κ1) is 8.14. The fraction of sp³-hybridized carbons (Fsp3) is 0.500. The Labute approximate surface area is 66.7 Å². The fourth-order valence-electron chi connectivity index (χ4n) is 0.835. The lowest BCUT2D eigenvalue weighted by Crippen LogP contribution is -2.05. The van der Waals surface area contributed by atoms with Gasteiger partial charge in [0, 0.05) is 11.9 Å². The fourth-order valence-corrected chi connectivity index (χ4v) is 0.835. The molecule has 1 rings (SSSR count). The van der Waals surface area contributed by atoms with E-state index in [1.807, 2.05) is 6.07 Å². The number of hydrogen-bond donors (Lipinski definition) is 1. The van der Waals surface area contributed by atoms with Gasteiger partial charge < -0.3 is 5.73 Å². The van der Waals surface area contributed by atoms with Gasteiger partial charge in [-0.2, -0.15) is 0 Å². The van der Waals surface area contributed by atoms with Crippen LogP contribution in [0.1, 0.15) is 31.3 Å². The van der Waals surface area contributed by atoms with Crippen LogP contribution in [0.5, 0.6) is 0 Å². The van der Waals surface area contributed by atoms with Crippen LogP contribution in [0.3, 0.4) is 0 Å². The molecule has 60 valence electrons. The molecule has 0 saturated carbocycles. The number of nitrogens with zero attached hydrogens (tertiary/aromatic N) is 2. The average molecular weight is 151 g/mol. The molecule has 0 unspecified atom stereocenters. The van der Waals surface area contributed by atoms with Crippen LogP contribution in [-0.2, 0) is 6.54 Å². The first-order valence-electron chi connectivity index (χ1n) is 3.76. The van der Waals surface area contributed by atoms with Gasteiger partial charge >= 0.3 is 0 Å². The van der Waals surface area contributed by atoms with Crippen LogP contribution in [0.15, 0.2) is 12.3 Å². The lowest BCUT2D eigenvalue weighted by atomic mass is 10.1. The van der Waals surface area contributed by atoms with Gasteiger partial charge in [-0.05, 0) is 12.0 Å². The van der Waals surface area contributed by atoms with E-state index in [0.717, 1.165) is 11.5 Å². The third-order valence-corrected chi connectivity index (χ3v) is 1.50. The van der Waals surface area contributed by atoms with Crippen LogP contribution >= 0.6 is 0 Å². The summed E-state index contributed by atoms with van der Waals surface area (Å²) < 4.78 is 0. The Morgan fingerprint density at radius 1 is 1.55 bits per heavy atom. The molecule has 2 N–H and O–H groups in total. The highest BCUT2D eigenvalue weighted by Crippen LogP contribution is 2.09. The second-order valence-corrected chi connectivity index (χ2v) is 2.76. The Balaban J connectivity index is 2.91. The highest BCUT2D eigenvalue weighted by Gasteiger charge is 2.00. The molecule has 1 heterocycles. The van der Waals surface area contributed by atoms with Crippen LogP contribution in [0.2, 0.25) is 0 Å². The summed E-state index contributed by atoms with van der Waals surface area (Å²) in [6, 6.07) is 1.92. The zero-order valence-corrected chi connectivity index (χ0v) is 6.91. The molecule has 1 aromatic rings. The highest BCUT2D eigenvalue weighted by molar-refractivity contribution is 5.06. The van der Waals surface area contributed by atoms with Gasteiger partial charge in [-0.15, -0.1) is 0 Å². The molecule has 0 radical (unpaired) electrons. The second kappa shape index (κ2) is 3.44. The molecule has 3 heteroatoms. The SMILES string of the molecule is CC(C)c1ccnc(CN)n1. The minimum atomic E-state index is 0.417. The molecule has 0 aliphatic carbocycles. The molecule has 0 saturated heterocycles. The Hall–Kier alpha value is -0.960. The van der Waals surface area contributed by atoms with Gasteiger partial charge in [-0.25, -0.2) is 9.97 Å². The first-order chi connectivity index (χ1) is 5.24. The number of aromatic nitrogens is 2. The summed E-state index contributed by atoms with van der Waals surface area (Å²) in [6.45, 7) is 4.62. The molecule has 1 aromatic heterocycles. The largest absolute Gasteiger partial charge is 0.324 e. The summed E-state index contributed by atoms with van der Waals surface area (Å²) in [6.07, 6.45) is 1.75. The van der Waals surface area contributed by atoms with Crippen molar-refractivity contribution < 1.29 is 0 Å². The van der Waals surface area contributed by atoms with E-state index < -0.39 is 0 Å². The van der Waals surface area contributed by atoms with Crippen molar-refractivity contribution in [3.05, 3.63) is 23.8 Å². The summed E-state index contributed by atoms with van der Waals surface area (Å²) in [5.74, 6) is 1.17. The molecule has 0 atom stereocenters. The van der Waals surface area contributed by atoms with Crippen LogP contribution in [0.25, 0.3) is 0 Å². The molecule has 0 aliphatic heterocycles.